The first-order chi connectivity index (χ1) is 5.13. The van der Waals surface area contributed by atoms with E-state index in [2.05, 4.69) is 0 Å². The Hall–Kier alpha value is -1.18. The first-order valence-corrected chi connectivity index (χ1v) is 3.50. The number of carbonyl (C=O) groups is 1. The molecule has 1 aromatic heterocycles. The van der Waals surface area contributed by atoms with E-state index < -0.39 is 0 Å². The van der Waals surface area contributed by atoms with Crippen LogP contribution in [0.3, 0.4) is 0 Å². The Balaban J connectivity index is 0.000000218. The van der Waals surface area contributed by atoms with Gasteiger partial charge in [0, 0.05) is 12.1 Å². The summed E-state index contributed by atoms with van der Waals surface area (Å²) in [5.74, 6) is 0.167. The summed E-state index contributed by atoms with van der Waals surface area (Å²) < 4.78 is 2.00. The van der Waals surface area contributed by atoms with Crippen LogP contribution < -0.4 is 4.57 Å². The van der Waals surface area contributed by atoms with Gasteiger partial charge in [-0.2, -0.15) is 0 Å². The van der Waals surface area contributed by atoms with Gasteiger partial charge in [-0.1, -0.05) is 6.07 Å². The van der Waals surface area contributed by atoms with Crippen LogP contribution in [0.1, 0.15) is 13.8 Å². The number of hydrogen-bond acceptors (Lipinski definition) is 1. The van der Waals surface area contributed by atoms with Crippen molar-refractivity contribution < 1.29 is 9.36 Å². The molecule has 0 bridgehead atoms. The molecule has 0 saturated heterocycles. The molecule has 11 heavy (non-hydrogen) atoms. The zero-order valence-corrected chi connectivity index (χ0v) is 7.24. The highest BCUT2D eigenvalue weighted by atomic mass is 16.1. The van der Waals surface area contributed by atoms with Gasteiger partial charge >= 0.3 is 0 Å². The van der Waals surface area contributed by atoms with Crippen molar-refractivity contribution in [1.29, 1.82) is 0 Å². The fraction of sp³-hybridized carbons (Fsp3) is 0.333. The Morgan fingerprint density at radius 1 is 1.09 bits per heavy atom. The summed E-state index contributed by atoms with van der Waals surface area (Å²) in [6, 6.07) is 6.00. The molecule has 0 fully saturated rings. The molecule has 0 amide bonds. The van der Waals surface area contributed by atoms with E-state index >= 15 is 0 Å². The average Bonchev–Trinajstić information content (AvgIpc) is 1.87. The number of aromatic nitrogens is 1. The topological polar surface area (TPSA) is 20.9 Å². The molecule has 60 valence electrons. The van der Waals surface area contributed by atoms with E-state index in [4.69, 9.17) is 0 Å². The Bertz CT molecular complexity index is 202. The first kappa shape index (κ1) is 9.82. The molecule has 0 aromatic carbocycles. The summed E-state index contributed by atoms with van der Waals surface area (Å²) in [5, 5.41) is 0. The summed E-state index contributed by atoms with van der Waals surface area (Å²) in [6.07, 6.45) is 4.00. The van der Waals surface area contributed by atoms with E-state index in [0.29, 0.717) is 0 Å². The molecule has 2 heteroatoms. The molecule has 1 rings (SSSR count). The minimum Gasteiger partial charge on any atom is -0.300 e. The number of rotatable bonds is 0. The second-order valence-corrected chi connectivity index (χ2v) is 2.45. The van der Waals surface area contributed by atoms with Crippen molar-refractivity contribution in [2.75, 3.05) is 0 Å². The second-order valence-electron chi connectivity index (χ2n) is 2.45. The van der Waals surface area contributed by atoms with Gasteiger partial charge in [0.1, 0.15) is 12.8 Å². The fourth-order valence-corrected chi connectivity index (χ4v) is 0.485. The summed E-state index contributed by atoms with van der Waals surface area (Å²) in [5.41, 5.74) is 0. The third-order valence-corrected chi connectivity index (χ3v) is 0.865. The third-order valence-electron chi connectivity index (χ3n) is 0.865. The lowest BCUT2D eigenvalue weighted by atomic mass is 10.5. The van der Waals surface area contributed by atoms with Crippen LogP contribution in [0, 0.1) is 0 Å². The molecule has 0 N–H and O–H groups in total. The smallest absolute Gasteiger partial charge is 0.168 e. The van der Waals surface area contributed by atoms with Gasteiger partial charge in [-0.05, 0) is 13.8 Å². The lowest BCUT2D eigenvalue weighted by molar-refractivity contribution is -0.671. The summed E-state index contributed by atoms with van der Waals surface area (Å²) in [6.45, 7) is 3.06. The lowest BCUT2D eigenvalue weighted by Gasteiger charge is -1.77. The zero-order valence-electron chi connectivity index (χ0n) is 7.24. The van der Waals surface area contributed by atoms with E-state index in [-0.39, 0.29) is 5.78 Å². The Morgan fingerprint density at radius 3 is 1.64 bits per heavy atom. The van der Waals surface area contributed by atoms with Gasteiger partial charge in [-0.15, -0.1) is 0 Å². The highest BCUT2D eigenvalue weighted by Gasteiger charge is 1.78. The highest BCUT2D eigenvalue weighted by molar-refractivity contribution is 5.72. The van der Waals surface area contributed by atoms with Crippen LogP contribution in [-0.2, 0) is 11.8 Å². The Labute approximate surface area is 67.5 Å². The van der Waals surface area contributed by atoms with Crippen molar-refractivity contribution in [3.8, 4) is 0 Å². The zero-order chi connectivity index (χ0) is 8.69. The fourth-order valence-electron chi connectivity index (χ4n) is 0.485. The standard InChI is InChI=1S/C6H8N.C3H6O/c1-7-5-3-2-4-6-7;1-3(2)4/h2-6H,1H3;1-2H3/q+1;. The number of nitrogens with zero attached hydrogens (tertiary/aromatic N) is 1. The normalized spacial score (nSPS) is 7.91. The number of aryl methyl sites for hydroxylation is 1. The molecule has 0 radical (unpaired) electrons. The number of pyridine rings is 1. The van der Waals surface area contributed by atoms with E-state index in [1.807, 2.05) is 42.2 Å². The third kappa shape index (κ3) is 8.82. The predicted molar refractivity (Wildman–Crippen MR) is 44.0 cm³/mol. The van der Waals surface area contributed by atoms with Crippen LogP contribution in [0.2, 0.25) is 0 Å². The van der Waals surface area contributed by atoms with Crippen LogP contribution in [0.25, 0.3) is 0 Å². The molecule has 0 aliphatic carbocycles. The summed E-state index contributed by atoms with van der Waals surface area (Å²) in [7, 11) is 2.00. The van der Waals surface area contributed by atoms with Crippen LogP contribution in [0.5, 0.6) is 0 Å². The highest BCUT2D eigenvalue weighted by Crippen LogP contribution is 1.71. The summed E-state index contributed by atoms with van der Waals surface area (Å²) in [4.78, 5) is 9.44. The Morgan fingerprint density at radius 2 is 1.45 bits per heavy atom. The predicted octanol–water partition coefficient (Wildman–Crippen LogP) is 1.11. The molecular formula is C9H14NO+. The minimum absolute atomic E-state index is 0.167. The van der Waals surface area contributed by atoms with Crippen molar-refractivity contribution >= 4 is 5.78 Å². The molecule has 0 aliphatic heterocycles. The number of ketones is 1. The van der Waals surface area contributed by atoms with Crippen LogP contribution in [0.15, 0.2) is 30.6 Å². The van der Waals surface area contributed by atoms with E-state index in [0.717, 1.165) is 0 Å². The largest absolute Gasteiger partial charge is 0.300 e. The molecule has 0 saturated carbocycles. The average molecular weight is 152 g/mol. The van der Waals surface area contributed by atoms with E-state index in [1.165, 1.54) is 13.8 Å². The second kappa shape index (κ2) is 5.59. The van der Waals surface area contributed by atoms with Gasteiger partial charge in [0.25, 0.3) is 0 Å². The van der Waals surface area contributed by atoms with Gasteiger partial charge in [0.2, 0.25) is 0 Å². The van der Waals surface area contributed by atoms with Crippen molar-refractivity contribution in [1.82, 2.24) is 0 Å². The number of Topliss-reactive ketones (excluding diaryl/α,β-unsaturated/α-hetero) is 1. The van der Waals surface area contributed by atoms with Gasteiger partial charge in [-0.3, -0.25) is 0 Å². The SMILES string of the molecule is CC(C)=O.C[n+]1ccccc1. The van der Waals surface area contributed by atoms with Gasteiger partial charge < -0.3 is 4.79 Å². The quantitative estimate of drug-likeness (QED) is 0.510. The molecule has 0 unspecified atom stereocenters. The van der Waals surface area contributed by atoms with Crippen LogP contribution in [0.4, 0.5) is 0 Å². The van der Waals surface area contributed by atoms with Gasteiger partial charge in [0.15, 0.2) is 12.4 Å². The molecular weight excluding hydrogens is 138 g/mol. The van der Waals surface area contributed by atoms with Crippen molar-refractivity contribution in [2.24, 2.45) is 7.05 Å². The number of carbonyl (C=O) groups excluding carboxylic acids is 1. The van der Waals surface area contributed by atoms with E-state index in [9.17, 15) is 4.79 Å². The van der Waals surface area contributed by atoms with Crippen molar-refractivity contribution in [3.63, 3.8) is 0 Å². The molecule has 0 atom stereocenters. The number of hydrogen-bond donors (Lipinski definition) is 0. The maximum Gasteiger partial charge on any atom is 0.168 e. The first-order valence-electron chi connectivity index (χ1n) is 3.50. The van der Waals surface area contributed by atoms with Crippen LogP contribution in [-0.4, -0.2) is 5.78 Å². The van der Waals surface area contributed by atoms with Gasteiger partial charge in [-0.25, -0.2) is 4.57 Å². The molecule has 2 nitrogen and oxygen atoms in total. The van der Waals surface area contributed by atoms with E-state index in [1.54, 1.807) is 0 Å². The van der Waals surface area contributed by atoms with Crippen molar-refractivity contribution in [3.05, 3.63) is 30.6 Å². The monoisotopic (exact) mass is 152 g/mol. The summed E-state index contributed by atoms with van der Waals surface area (Å²) >= 11 is 0. The lowest BCUT2D eigenvalue weighted by Crippen LogP contribution is -2.25. The van der Waals surface area contributed by atoms with Crippen LogP contribution >= 0.6 is 0 Å². The van der Waals surface area contributed by atoms with Gasteiger partial charge in [0.05, 0.1) is 0 Å². The van der Waals surface area contributed by atoms with Crippen molar-refractivity contribution in [2.45, 2.75) is 13.8 Å². The molecule has 0 spiro atoms. The minimum atomic E-state index is 0.167. The Kier molecular flexibility index (Phi) is 4.99. The molecule has 1 heterocycles. The maximum atomic E-state index is 9.44. The molecule has 0 aliphatic rings. The molecule has 1 aromatic rings. The maximum absolute atomic E-state index is 9.44.